The highest BCUT2D eigenvalue weighted by Crippen LogP contribution is 2.07. The maximum atomic E-state index is 11.8. The molecule has 0 unspecified atom stereocenters. The molecule has 0 aliphatic rings. The molecule has 1 aromatic rings. The number of nitrogens with zero attached hydrogens (tertiary/aromatic N) is 1. The number of ketones is 1. The lowest BCUT2D eigenvalue weighted by molar-refractivity contribution is 0.104. The van der Waals surface area contributed by atoms with Crippen molar-refractivity contribution in [1.29, 1.82) is 0 Å². The lowest BCUT2D eigenvalue weighted by atomic mass is 10.1. The van der Waals surface area contributed by atoms with E-state index in [1.165, 1.54) is 6.08 Å². The topological polar surface area (TPSA) is 69.6 Å². The fraction of sp³-hybridized carbons (Fsp3) is 0.231. The fourth-order valence-corrected chi connectivity index (χ4v) is 1.33. The largest absolute Gasteiger partial charge is 0.465 e. The Balaban J connectivity index is 2.75. The van der Waals surface area contributed by atoms with Gasteiger partial charge in [0.15, 0.2) is 5.78 Å². The number of hydrogen-bond donors (Lipinski definition) is 2. The van der Waals surface area contributed by atoms with Crippen molar-refractivity contribution < 1.29 is 14.7 Å². The lowest BCUT2D eigenvalue weighted by Crippen LogP contribution is -2.20. The van der Waals surface area contributed by atoms with E-state index in [0.717, 1.165) is 5.56 Å². The molecule has 0 radical (unpaired) electrons. The van der Waals surface area contributed by atoms with Crippen molar-refractivity contribution >= 4 is 11.9 Å². The van der Waals surface area contributed by atoms with Crippen LogP contribution in [0.4, 0.5) is 4.79 Å². The van der Waals surface area contributed by atoms with E-state index in [1.54, 1.807) is 35.4 Å². The maximum absolute atomic E-state index is 11.8. The molecule has 0 bridgehead atoms. The minimum atomic E-state index is -1.08. The lowest BCUT2D eigenvalue weighted by Gasteiger charge is -2.05. The minimum Gasteiger partial charge on any atom is -0.465 e. The Kier molecular flexibility index (Phi) is 4.92. The van der Waals surface area contributed by atoms with Gasteiger partial charge in [-0.25, -0.2) is 4.79 Å². The molecule has 5 heteroatoms. The highest BCUT2D eigenvalue weighted by Gasteiger charge is 2.03. The first-order valence-corrected chi connectivity index (χ1v) is 5.43. The molecule has 2 N–H and O–H groups in total. The second-order valence-electron chi connectivity index (χ2n) is 4.00. The Hall–Kier alpha value is -2.30. The van der Waals surface area contributed by atoms with Crippen molar-refractivity contribution in [2.45, 2.75) is 6.54 Å². The predicted molar refractivity (Wildman–Crippen MR) is 68.5 cm³/mol. The molecule has 0 aromatic heterocycles. The molecule has 18 heavy (non-hydrogen) atoms. The van der Waals surface area contributed by atoms with Gasteiger partial charge >= 0.3 is 6.09 Å². The zero-order chi connectivity index (χ0) is 13.5. The molecule has 1 aromatic carbocycles. The van der Waals surface area contributed by atoms with Crippen molar-refractivity contribution in [3.63, 3.8) is 0 Å². The van der Waals surface area contributed by atoms with Crippen molar-refractivity contribution in [2.24, 2.45) is 0 Å². The van der Waals surface area contributed by atoms with Gasteiger partial charge in [-0.15, -0.1) is 0 Å². The molecule has 1 amide bonds. The number of hydrogen-bond acceptors (Lipinski definition) is 3. The van der Waals surface area contributed by atoms with E-state index in [2.05, 4.69) is 5.32 Å². The van der Waals surface area contributed by atoms with Gasteiger partial charge < -0.3 is 15.3 Å². The molecule has 0 saturated heterocycles. The summed E-state index contributed by atoms with van der Waals surface area (Å²) in [6, 6.07) is 6.88. The molecule has 5 nitrogen and oxygen atoms in total. The SMILES string of the molecule is CN(C)C=CC(=O)c1cccc(CNC(=O)O)c1. The van der Waals surface area contributed by atoms with Crippen LogP contribution in [0.5, 0.6) is 0 Å². The van der Waals surface area contributed by atoms with Crippen LogP contribution >= 0.6 is 0 Å². The first-order valence-electron chi connectivity index (χ1n) is 5.43. The zero-order valence-corrected chi connectivity index (χ0v) is 10.4. The van der Waals surface area contributed by atoms with Crippen LogP contribution in [-0.4, -0.2) is 36.0 Å². The number of nitrogens with one attached hydrogen (secondary N) is 1. The number of rotatable bonds is 5. The average Bonchev–Trinajstić information content (AvgIpc) is 2.33. The predicted octanol–water partition coefficient (Wildman–Crippen LogP) is 1.71. The molecule has 0 atom stereocenters. The first-order chi connectivity index (χ1) is 8.49. The third kappa shape index (κ3) is 4.69. The Morgan fingerprint density at radius 2 is 2.11 bits per heavy atom. The number of carbonyl (C=O) groups is 2. The Labute approximate surface area is 106 Å². The van der Waals surface area contributed by atoms with E-state index in [1.807, 2.05) is 14.1 Å². The molecular weight excluding hydrogens is 232 g/mol. The monoisotopic (exact) mass is 248 g/mol. The highest BCUT2D eigenvalue weighted by atomic mass is 16.4. The molecule has 0 aliphatic heterocycles. The summed E-state index contributed by atoms with van der Waals surface area (Å²) in [7, 11) is 3.66. The summed E-state index contributed by atoms with van der Waals surface area (Å²) in [5.74, 6) is -0.110. The second kappa shape index (κ2) is 6.44. The quantitative estimate of drug-likeness (QED) is 0.615. The average molecular weight is 248 g/mol. The second-order valence-corrected chi connectivity index (χ2v) is 4.00. The van der Waals surface area contributed by atoms with Crippen molar-refractivity contribution in [2.75, 3.05) is 14.1 Å². The van der Waals surface area contributed by atoms with Gasteiger partial charge in [0.25, 0.3) is 0 Å². The van der Waals surface area contributed by atoms with Crippen LogP contribution < -0.4 is 5.32 Å². The zero-order valence-electron chi connectivity index (χ0n) is 10.4. The summed E-state index contributed by atoms with van der Waals surface area (Å²) in [6.45, 7) is 0.188. The van der Waals surface area contributed by atoms with Gasteiger partial charge in [0, 0.05) is 38.5 Å². The van der Waals surface area contributed by atoms with Crippen molar-refractivity contribution in [3.05, 3.63) is 47.7 Å². The fourth-order valence-electron chi connectivity index (χ4n) is 1.33. The first kappa shape index (κ1) is 13.8. The van der Waals surface area contributed by atoms with E-state index >= 15 is 0 Å². The van der Waals surface area contributed by atoms with Crippen LogP contribution in [0.1, 0.15) is 15.9 Å². The summed E-state index contributed by atoms with van der Waals surface area (Å²) < 4.78 is 0. The van der Waals surface area contributed by atoms with Crippen LogP contribution in [0.2, 0.25) is 0 Å². The Morgan fingerprint density at radius 3 is 2.72 bits per heavy atom. The van der Waals surface area contributed by atoms with Gasteiger partial charge in [0.1, 0.15) is 0 Å². The summed E-state index contributed by atoms with van der Waals surface area (Å²) in [4.78, 5) is 23.9. The molecule has 0 spiro atoms. The summed E-state index contributed by atoms with van der Waals surface area (Å²) in [5.41, 5.74) is 1.29. The van der Waals surface area contributed by atoms with Gasteiger partial charge in [-0.05, 0) is 11.6 Å². The van der Waals surface area contributed by atoms with Gasteiger partial charge in [-0.2, -0.15) is 0 Å². The summed E-state index contributed by atoms with van der Waals surface area (Å²) >= 11 is 0. The normalized spacial score (nSPS) is 10.3. The summed E-state index contributed by atoms with van der Waals surface area (Å²) in [5, 5.41) is 10.8. The van der Waals surface area contributed by atoms with E-state index in [-0.39, 0.29) is 12.3 Å². The molecule has 1 rings (SSSR count). The van der Waals surface area contributed by atoms with Crippen LogP contribution in [0.25, 0.3) is 0 Å². The number of benzene rings is 1. The highest BCUT2D eigenvalue weighted by molar-refractivity contribution is 6.04. The maximum Gasteiger partial charge on any atom is 0.404 e. The molecule has 0 fully saturated rings. The van der Waals surface area contributed by atoms with Crippen LogP contribution in [0.15, 0.2) is 36.5 Å². The van der Waals surface area contributed by atoms with E-state index in [0.29, 0.717) is 5.56 Å². The standard InChI is InChI=1S/C13H16N2O3/c1-15(2)7-6-12(16)11-5-3-4-10(8-11)9-14-13(17)18/h3-8,14H,9H2,1-2H3,(H,17,18). The van der Waals surface area contributed by atoms with Gasteiger partial charge in [-0.3, -0.25) is 4.79 Å². The minimum absolute atomic E-state index is 0.110. The molecule has 0 saturated carbocycles. The number of carboxylic acid groups (broad SMARTS) is 1. The number of carbonyl (C=O) groups excluding carboxylic acids is 1. The molecule has 96 valence electrons. The Bertz CT molecular complexity index is 467. The van der Waals surface area contributed by atoms with E-state index in [9.17, 15) is 9.59 Å². The molecular formula is C13H16N2O3. The van der Waals surface area contributed by atoms with Crippen LogP contribution in [-0.2, 0) is 6.54 Å². The van der Waals surface area contributed by atoms with Gasteiger partial charge in [0.2, 0.25) is 0 Å². The molecule has 0 aliphatic carbocycles. The summed E-state index contributed by atoms with van der Waals surface area (Å²) in [6.07, 6.45) is 2.06. The smallest absolute Gasteiger partial charge is 0.404 e. The third-order valence-corrected chi connectivity index (χ3v) is 2.18. The van der Waals surface area contributed by atoms with Crippen LogP contribution in [0, 0.1) is 0 Å². The van der Waals surface area contributed by atoms with Crippen molar-refractivity contribution in [1.82, 2.24) is 10.2 Å². The van der Waals surface area contributed by atoms with Gasteiger partial charge in [-0.1, -0.05) is 18.2 Å². The van der Waals surface area contributed by atoms with E-state index < -0.39 is 6.09 Å². The van der Waals surface area contributed by atoms with Crippen molar-refractivity contribution in [3.8, 4) is 0 Å². The Morgan fingerprint density at radius 1 is 1.39 bits per heavy atom. The van der Waals surface area contributed by atoms with E-state index in [4.69, 9.17) is 5.11 Å². The number of amides is 1. The third-order valence-electron chi connectivity index (χ3n) is 2.18. The number of allylic oxidation sites excluding steroid dienone is 1. The molecule has 0 heterocycles. The van der Waals surface area contributed by atoms with Gasteiger partial charge in [0.05, 0.1) is 0 Å². The van der Waals surface area contributed by atoms with Crippen LogP contribution in [0.3, 0.4) is 0 Å².